The van der Waals surface area contributed by atoms with Gasteiger partial charge in [0.25, 0.3) is 0 Å². The molecule has 1 aliphatic heterocycles. The highest BCUT2D eigenvalue weighted by molar-refractivity contribution is 5.90. The van der Waals surface area contributed by atoms with Gasteiger partial charge in [0.1, 0.15) is 5.75 Å². The molecule has 1 fully saturated rings. The molecule has 0 atom stereocenters. The summed E-state index contributed by atoms with van der Waals surface area (Å²) in [5.74, 6) is 0.627. The van der Waals surface area contributed by atoms with Crippen molar-refractivity contribution in [1.29, 1.82) is 0 Å². The maximum atomic E-state index is 12.0. The van der Waals surface area contributed by atoms with Gasteiger partial charge in [-0.15, -0.1) is 12.4 Å². The van der Waals surface area contributed by atoms with Gasteiger partial charge in [0, 0.05) is 12.1 Å². The molecule has 0 saturated carbocycles. The topological polar surface area (TPSA) is 50.4 Å². The number of alkyl halides is 3. The van der Waals surface area contributed by atoms with E-state index in [-0.39, 0.29) is 24.1 Å². The Kier molecular flexibility index (Phi) is 8.35. The highest BCUT2D eigenvalue weighted by Crippen LogP contribution is 2.21. The van der Waals surface area contributed by atoms with E-state index in [1.54, 1.807) is 0 Å². The van der Waals surface area contributed by atoms with Gasteiger partial charge in [0.15, 0.2) is 6.61 Å². The van der Waals surface area contributed by atoms with Crippen LogP contribution in [0.25, 0.3) is 0 Å². The SMILES string of the molecule is Cl.O=C(CCC1CCNCC1)Nc1ccc(OCC(F)(F)F)cc1. The summed E-state index contributed by atoms with van der Waals surface area (Å²) in [5, 5.41) is 6.03. The van der Waals surface area contributed by atoms with Crippen LogP contribution in [0.1, 0.15) is 25.7 Å². The lowest BCUT2D eigenvalue weighted by Gasteiger charge is -2.22. The summed E-state index contributed by atoms with van der Waals surface area (Å²) < 4.78 is 40.7. The molecule has 136 valence electrons. The fourth-order valence-electron chi connectivity index (χ4n) is 2.53. The molecule has 1 aliphatic rings. The van der Waals surface area contributed by atoms with Crippen molar-refractivity contribution in [3.05, 3.63) is 24.3 Å². The van der Waals surface area contributed by atoms with Crippen molar-refractivity contribution in [3.8, 4) is 5.75 Å². The minimum Gasteiger partial charge on any atom is -0.484 e. The standard InChI is InChI=1S/C16H21F3N2O2.ClH/c17-16(18,19)11-23-14-4-2-13(3-5-14)21-15(22)6-1-12-7-9-20-10-8-12;/h2-5,12,20H,1,6-11H2,(H,21,22);1H. The van der Waals surface area contributed by atoms with Crippen LogP contribution in [0.15, 0.2) is 24.3 Å². The molecule has 0 aliphatic carbocycles. The Hall–Kier alpha value is -1.47. The van der Waals surface area contributed by atoms with Gasteiger partial charge in [-0.2, -0.15) is 13.2 Å². The first-order valence-electron chi connectivity index (χ1n) is 7.72. The van der Waals surface area contributed by atoms with Crippen molar-refractivity contribution in [3.63, 3.8) is 0 Å². The highest BCUT2D eigenvalue weighted by atomic mass is 35.5. The smallest absolute Gasteiger partial charge is 0.422 e. The molecule has 0 bridgehead atoms. The zero-order valence-corrected chi connectivity index (χ0v) is 14.0. The molecular formula is C16H22ClF3N2O2. The van der Waals surface area contributed by atoms with Crippen LogP contribution < -0.4 is 15.4 Å². The summed E-state index contributed by atoms with van der Waals surface area (Å²) in [7, 11) is 0. The Morgan fingerprint density at radius 2 is 1.83 bits per heavy atom. The number of carbonyl (C=O) groups is 1. The predicted octanol–water partition coefficient (Wildman–Crippen LogP) is 3.77. The Balaban J connectivity index is 0.00000288. The maximum Gasteiger partial charge on any atom is 0.422 e. The number of halogens is 4. The van der Waals surface area contributed by atoms with Crippen LogP contribution in [0.2, 0.25) is 0 Å². The van der Waals surface area contributed by atoms with Crippen LogP contribution in [0.5, 0.6) is 5.75 Å². The highest BCUT2D eigenvalue weighted by Gasteiger charge is 2.28. The quantitative estimate of drug-likeness (QED) is 0.805. The van der Waals surface area contributed by atoms with E-state index in [4.69, 9.17) is 0 Å². The van der Waals surface area contributed by atoms with Gasteiger partial charge in [-0.1, -0.05) is 0 Å². The number of anilines is 1. The molecule has 0 unspecified atom stereocenters. The molecule has 1 aromatic rings. The van der Waals surface area contributed by atoms with E-state index in [0.717, 1.165) is 32.4 Å². The number of piperidine rings is 1. The van der Waals surface area contributed by atoms with Crippen LogP contribution in [0.3, 0.4) is 0 Å². The Labute approximate surface area is 145 Å². The summed E-state index contributed by atoms with van der Waals surface area (Å²) >= 11 is 0. The van der Waals surface area contributed by atoms with Crippen molar-refractivity contribution in [1.82, 2.24) is 5.32 Å². The van der Waals surface area contributed by atoms with Crippen LogP contribution in [-0.2, 0) is 4.79 Å². The molecule has 1 aromatic carbocycles. The van der Waals surface area contributed by atoms with Crippen LogP contribution in [0, 0.1) is 5.92 Å². The van der Waals surface area contributed by atoms with E-state index in [2.05, 4.69) is 15.4 Å². The first-order valence-corrected chi connectivity index (χ1v) is 7.72. The van der Waals surface area contributed by atoms with Gasteiger partial charge >= 0.3 is 6.18 Å². The molecule has 4 nitrogen and oxygen atoms in total. The first-order chi connectivity index (χ1) is 10.9. The van der Waals surface area contributed by atoms with E-state index in [1.807, 2.05) is 0 Å². The number of ether oxygens (including phenoxy) is 1. The summed E-state index contributed by atoms with van der Waals surface area (Å²) in [6, 6.07) is 5.89. The van der Waals surface area contributed by atoms with Crippen molar-refractivity contribution >= 4 is 24.0 Å². The molecule has 24 heavy (non-hydrogen) atoms. The normalized spacial score (nSPS) is 15.5. The minimum absolute atomic E-state index is 0. The van der Waals surface area contributed by atoms with Gasteiger partial charge in [-0.05, 0) is 62.5 Å². The van der Waals surface area contributed by atoms with Gasteiger partial charge in [0.2, 0.25) is 5.91 Å². The number of hydrogen-bond acceptors (Lipinski definition) is 3. The lowest BCUT2D eigenvalue weighted by atomic mass is 9.93. The Morgan fingerprint density at radius 3 is 2.42 bits per heavy atom. The molecule has 0 aromatic heterocycles. The minimum atomic E-state index is -4.36. The molecule has 0 radical (unpaired) electrons. The van der Waals surface area contributed by atoms with Gasteiger partial charge < -0.3 is 15.4 Å². The molecule has 8 heteroatoms. The first kappa shape index (κ1) is 20.6. The number of benzene rings is 1. The molecular weight excluding hydrogens is 345 g/mol. The van der Waals surface area contributed by atoms with Gasteiger partial charge in [-0.25, -0.2) is 0 Å². The second-order valence-electron chi connectivity index (χ2n) is 5.71. The Morgan fingerprint density at radius 1 is 1.21 bits per heavy atom. The third-order valence-electron chi connectivity index (χ3n) is 3.78. The molecule has 1 heterocycles. The van der Waals surface area contributed by atoms with Crippen molar-refractivity contribution in [2.24, 2.45) is 5.92 Å². The second-order valence-corrected chi connectivity index (χ2v) is 5.71. The van der Waals surface area contributed by atoms with E-state index < -0.39 is 12.8 Å². The van der Waals surface area contributed by atoms with Crippen LogP contribution >= 0.6 is 12.4 Å². The van der Waals surface area contributed by atoms with E-state index in [1.165, 1.54) is 24.3 Å². The number of hydrogen-bond donors (Lipinski definition) is 2. The molecule has 1 saturated heterocycles. The molecule has 1 amide bonds. The predicted molar refractivity (Wildman–Crippen MR) is 88.7 cm³/mol. The molecule has 0 spiro atoms. The number of rotatable bonds is 6. The van der Waals surface area contributed by atoms with E-state index >= 15 is 0 Å². The van der Waals surface area contributed by atoms with Crippen molar-refractivity contribution in [2.75, 3.05) is 25.0 Å². The zero-order chi connectivity index (χ0) is 16.7. The van der Waals surface area contributed by atoms with Crippen LogP contribution in [-0.4, -0.2) is 31.8 Å². The largest absolute Gasteiger partial charge is 0.484 e. The van der Waals surface area contributed by atoms with Crippen molar-refractivity contribution < 1.29 is 22.7 Å². The lowest BCUT2D eigenvalue weighted by Crippen LogP contribution is -2.28. The van der Waals surface area contributed by atoms with Crippen LogP contribution in [0.4, 0.5) is 18.9 Å². The number of carbonyl (C=O) groups excluding carboxylic acids is 1. The lowest BCUT2D eigenvalue weighted by molar-refractivity contribution is -0.153. The second kappa shape index (κ2) is 9.74. The number of amides is 1. The number of nitrogens with one attached hydrogen (secondary N) is 2. The molecule has 2 rings (SSSR count). The Bertz CT molecular complexity index is 503. The van der Waals surface area contributed by atoms with Gasteiger partial charge in [0.05, 0.1) is 0 Å². The monoisotopic (exact) mass is 366 g/mol. The van der Waals surface area contributed by atoms with Crippen molar-refractivity contribution in [2.45, 2.75) is 31.9 Å². The fraction of sp³-hybridized carbons (Fsp3) is 0.562. The van der Waals surface area contributed by atoms with Gasteiger partial charge in [-0.3, -0.25) is 4.79 Å². The average Bonchev–Trinajstić information content (AvgIpc) is 2.53. The summed E-state index contributed by atoms with van der Waals surface area (Å²) in [6.07, 6.45) is -0.851. The average molecular weight is 367 g/mol. The maximum absolute atomic E-state index is 12.0. The van der Waals surface area contributed by atoms with E-state index in [0.29, 0.717) is 18.0 Å². The molecule has 2 N–H and O–H groups in total. The zero-order valence-electron chi connectivity index (χ0n) is 13.2. The van der Waals surface area contributed by atoms with E-state index in [9.17, 15) is 18.0 Å². The third kappa shape index (κ3) is 7.88. The third-order valence-corrected chi connectivity index (χ3v) is 3.78. The summed E-state index contributed by atoms with van der Waals surface area (Å²) in [4.78, 5) is 11.9. The summed E-state index contributed by atoms with van der Waals surface area (Å²) in [6.45, 7) is 0.687. The fourth-order valence-corrected chi connectivity index (χ4v) is 2.53. The summed E-state index contributed by atoms with van der Waals surface area (Å²) in [5.41, 5.74) is 0.555.